The second-order valence-electron chi connectivity index (χ2n) is 4.45. The number of halogens is 2. The van der Waals surface area contributed by atoms with Crippen LogP contribution < -0.4 is 10.0 Å². The molecule has 21 heavy (non-hydrogen) atoms. The van der Waals surface area contributed by atoms with Gasteiger partial charge in [0.15, 0.2) is 4.67 Å². The van der Waals surface area contributed by atoms with Gasteiger partial charge in [-0.3, -0.25) is 4.72 Å². The van der Waals surface area contributed by atoms with Gasteiger partial charge >= 0.3 is 0 Å². The fraction of sp³-hybridized carbons (Fsp3) is 0.231. The molecule has 0 spiro atoms. The molecule has 0 unspecified atom stereocenters. The molecule has 0 bridgehead atoms. The molecule has 1 aromatic heterocycles. The van der Waals surface area contributed by atoms with Gasteiger partial charge in [0.25, 0.3) is 10.0 Å². The average molecular weight is 438 g/mol. The first-order valence-corrected chi connectivity index (χ1v) is 9.12. The van der Waals surface area contributed by atoms with Crippen molar-refractivity contribution >= 4 is 47.6 Å². The summed E-state index contributed by atoms with van der Waals surface area (Å²) in [4.78, 5) is 0.0760. The first kappa shape index (κ1) is 16.5. The Morgan fingerprint density at radius 2 is 1.95 bits per heavy atom. The summed E-state index contributed by atoms with van der Waals surface area (Å²) in [6.07, 6.45) is 0. The van der Waals surface area contributed by atoms with Crippen LogP contribution in [0.25, 0.3) is 0 Å². The second kappa shape index (κ2) is 6.51. The lowest BCUT2D eigenvalue weighted by Gasteiger charge is -2.09. The van der Waals surface area contributed by atoms with E-state index in [0.717, 1.165) is 10.0 Å². The van der Waals surface area contributed by atoms with Crippen LogP contribution >= 0.6 is 31.9 Å². The number of anilines is 1. The van der Waals surface area contributed by atoms with Crippen LogP contribution in [0.2, 0.25) is 0 Å². The van der Waals surface area contributed by atoms with Crippen molar-refractivity contribution in [2.45, 2.75) is 18.4 Å². The van der Waals surface area contributed by atoms with Crippen LogP contribution in [0, 0.1) is 6.92 Å². The van der Waals surface area contributed by atoms with Crippen molar-refractivity contribution in [3.8, 4) is 0 Å². The summed E-state index contributed by atoms with van der Waals surface area (Å²) < 4.78 is 33.9. The number of rotatable bonds is 5. The molecule has 0 aliphatic heterocycles. The van der Waals surface area contributed by atoms with Gasteiger partial charge in [0.2, 0.25) is 0 Å². The maximum atomic E-state index is 12.5. The van der Waals surface area contributed by atoms with E-state index in [-0.39, 0.29) is 9.56 Å². The lowest BCUT2D eigenvalue weighted by atomic mass is 10.2. The highest BCUT2D eigenvalue weighted by atomic mass is 79.9. The van der Waals surface area contributed by atoms with Crippen molar-refractivity contribution < 1.29 is 12.8 Å². The summed E-state index contributed by atoms with van der Waals surface area (Å²) in [6.45, 7) is 2.28. The van der Waals surface area contributed by atoms with Gasteiger partial charge in [-0.15, -0.1) is 0 Å². The molecule has 0 aliphatic rings. The molecule has 114 valence electrons. The fourth-order valence-corrected chi connectivity index (χ4v) is 4.23. The third-order valence-corrected chi connectivity index (χ3v) is 5.51. The van der Waals surface area contributed by atoms with Crippen LogP contribution in [0.5, 0.6) is 0 Å². The highest BCUT2D eigenvalue weighted by Crippen LogP contribution is 2.29. The Balaban J connectivity index is 2.36. The standard InChI is InChI=1S/C13H14Br2N2O3S/c1-8-3-4-9(14)5-11(8)17-21(18,19)12-6-10(7-16-2)20-13(12)15/h3-6,16-17H,7H2,1-2H3. The van der Waals surface area contributed by atoms with Crippen molar-refractivity contribution in [2.24, 2.45) is 0 Å². The van der Waals surface area contributed by atoms with Gasteiger partial charge in [0.05, 0.1) is 12.2 Å². The Morgan fingerprint density at radius 3 is 2.62 bits per heavy atom. The first-order chi connectivity index (χ1) is 9.83. The summed E-state index contributed by atoms with van der Waals surface area (Å²) in [7, 11) is -1.96. The minimum Gasteiger partial charge on any atom is -0.451 e. The zero-order valence-corrected chi connectivity index (χ0v) is 15.4. The van der Waals surface area contributed by atoms with Crippen molar-refractivity contribution in [3.63, 3.8) is 0 Å². The molecular formula is C13H14Br2N2O3S. The van der Waals surface area contributed by atoms with E-state index in [1.54, 1.807) is 13.1 Å². The van der Waals surface area contributed by atoms with Gasteiger partial charge in [-0.2, -0.15) is 0 Å². The summed E-state index contributed by atoms with van der Waals surface area (Å²) >= 11 is 6.47. The molecule has 1 heterocycles. The number of hydrogen-bond donors (Lipinski definition) is 2. The molecule has 0 saturated heterocycles. The van der Waals surface area contributed by atoms with Crippen LogP contribution in [-0.2, 0) is 16.6 Å². The minimum absolute atomic E-state index is 0.0760. The van der Waals surface area contributed by atoms with E-state index in [4.69, 9.17) is 4.42 Å². The van der Waals surface area contributed by atoms with E-state index in [0.29, 0.717) is 18.0 Å². The quantitative estimate of drug-likeness (QED) is 0.749. The van der Waals surface area contributed by atoms with Crippen LogP contribution in [0.4, 0.5) is 5.69 Å². The van der Waals surface area contributed by atoms with Gasteiger partial charge in [-0.25, -0.2) is 8.42 Å². The number of sulfonamides is 1. The SMILES string of the molecule is CNCc1cc(S(=O)(=O)Nc2cc(Br)ccc2C)c(Br)o1. The van der Waals surface area contributed by atoms with Crippen LogP contribution in [0.15, 0.2) is 42.7 Å². The summed E-state index contributed by atoms with van der Waals surface area (Å²) in [5.41, 5.74) is 1.35. The van der Waals surface area contributed by atoms with E-state index < -0.39 is 10.0 Å². The number of hydrogen-bond acceptors (Lipinski definition) is 4. The van der Waals surface area contributed by atoms with E-state index in [2.05, 4.69) is 41.9 Å². The van der Waals surface area contributed by atoms with Crippen molar-refractivity contribution in [1.29, 1.82) is 0 Å². The molecule has 1 aromatic carbocycles. The van der Waals surface area contributed by atoms with Crippen molar-refractivity contribution in [3.05, 3.63) is 44.7 Å². The van der Waals surface area contributed by atoms with Crippen LogP contribution in [0.1, 0.15) is 11.3 Å². The van der Waals surface area contributed by atoms with E-state index >= 15 is 0 Å². The fourth-order valence-electron chi connectivity index (χ4n) is 1.75. The summed E-state index contributed by atoms with van der Waals surface area (Å²) in [5.74, 6) is 0.538. The van der Waals surface area contributed by atoms with E-state index in [1.807, 2.05) is 19.1 Å². The molecule has 0 fully saturated rings. The predicted molar refractivity (Wildman–Crippen MR) is 88.9 cm³/mol. The molecular weight excluding hydrogens is 424 g/mol. The van der Waals surface area contributed by atoms with E-state index in [9.17, 15) is 8.42 Å². The molecule has 8 heteroatoms. The highest BCUT2D eigenvalue weighted by molar-refractivity contribution is 9.10. The van der Waals surface area contributed by atoms with Gasteiger partial charge in [0, 0.05) is 10.5 Å². The number of benzene rings is 1. The molecule has 0 aliphatic carbocycles. The molecule has 5 nitrogen and oxygen atoms in total. The zero-order valence-electron chi connectivity index (χ0n) is 11.4. The molecule has 0 amide bonds. The smallest absolute Gasteiger partial charge is 0.266 e. The lowest BCUT2D eigenvalue weighted by Crippen LogP contribution is -2.13. The number of aryl methyl sites for hydroxylation is 1. The largest absolute Gasteiger partial charge is 0.451 e. The Hall–Kier alpha value is -0.830. The highest BCUT2D eigenvalue weighted by Gasteiger charge is 2.23. The molecule has 2 aromatic rings. The predicted octanol–water partition coefficient (Wildman–Crippen LogP) is 3.63. The Labute approximate surface area is 140 Å². The normalized spacial score (nSPS) is 11.6. The third-order valence-electron chi connectivity index (χ3n) is 2.79. The Kier molecular flexibility index (Phi) is 5.13. The molecule has 2 N–H and O–H groups in total. The summed E-state index contributed by atoms with van der Waals surface area (Å²) in [6, 6.07) is 6.90. The van der Waals surface area contributed by atoms with Gasteiger partial charge in [-0.1, -0.05) is 22.0 Å². The number of furan rings is 1. The van der Waals surface area contributed by atoms with E-state index in [1.165, 1.54) is 6.07 Å². The lowest BCUT2D eigenvalue weighted by molar-refractivity contribution is 0.470. The molecule has 0 radical (unpaired) electrons. The van der Waals surface area contributed by atoms with Crippen molar-refractivity contribution in [2.75, 3.05) is 11.8 Å². The third kappa shape index (κ3) is 3.88. The zero-order chi connectivity index (χ0) is 15.6. The number of nitrogens with one attached hydrogen (secondary N) is 2. The van der Waals surface area contributed by atoms with Gasteiger partial charge in [0.1, 0.15) is 10.7 Å². The molecule has 0 saturated carbocycles. The second-order valence-corrected chi connectivity index (χ2v) is 7.73. The minimum atomic E-state index is -3.72. The van der Waals surface area contributed by atoms with Crippen LogP contribution in [-0.4, -0.2) is 15.5 Å². The summed E-state index contributed by atoms with van der Waals surface area (Å²) in [5, 5.41) is 2.91. The first-order valence-electron chi connectivity index (χ1n) is 6.05. The topological polar surface area (TPSA) is 71.3 Å². The van der Waals surface area contributed by atoms with Crippen molar-refractivity contribution in [1.82, 2.24) is 5.32 Å². The molecule has 0 atom stereocenters. The maximum Gasteiger partial charge on any atom is 0.266 e. The van der Waals surface area contributed by atoms with Gasteiger partial charge < -0.3 is 9.73 Å². The Morgan fingerprint density at radius 1 is 1.24 bits per heavy atom. The average Bonchev–Trinajstić information content (AvgIpc) is 2.76. The molecule has 2 rings (SSSR count). The van der Waals surface area contributed by atoms with Crippen LogP contribution in [0.3, 0.4) is 0 Å². The van der Waals surface area contributed by atoms with Gasteiger partial charge in [-0.05, 0) is 47.6 Å². The maximum absolute atomic E-state index is 12.5. The monoisotopic (exact) mass is 436 g/mol. The Bertz CT molecular complexity index is 757.